The minimum Gasteiger partial charge on any atom is -0.0876 e. The van der Waals surface area contributed by atoms with Gasteiger partial charge in [0.2, 0.25) is 0 Å². The SMILES string of the molecule is C/C=C(/C(C(C)(C)C)C(C)(C)C)C(C)(C)C. The Labute approximate surface area is 104 Å². The van der Waals surface area contributed by atoms with E-state index < -0.39 is 0 Å². The highest BCUT2D eigenvalue weighted by Gasteiger charge is 2.40. The van der Waals surface area contributed by atoms with Crippen LogP contribution in [0.3, 0.4) is 0 Å². The van der Waals surface area contributed by atoms with E-state index in [1.54, 1.807) is 5.57 Å². The highest BCUT2D eigenvalue weighted by molar-refractivity contribution is 5.19. The Bertz CT molecular complexity index is 233. The van der Waals surface area contributed by atoms with Gasteiger partial charge in [0.05, 0.1) is 0 Å². The van der Waals surface area contributed by atoms with Crippen LogP contribution in [0, 0.1) is 22.2 Å². The van der Waals surface area contributed by atoms with Crippen LogP contribution in [-0.2, 0) is 0 Å². The van der Waals surface area contributed by atoms with Gasteiger partial charge in [-0.3, -0.25) is 0 Å². The van der Waals surface area contributed by atoms with Crippen LogP contribution in [0.25, 0.3) is 0 Å². The lowest BCUT2D eigenvalue weighted by Gasteiger charge is -2.46. The minimum absolute atomic E-state index is 0.264. The second kappa shape index (κ2) is 4.55. The van der Waals surface area contributed by atoms with Crippen LogP contribution in [0.4, 0.5) is 0 Å². The third-order valence-corrected chi connectivity index (χ3v) is 3.22. The zero-order valence-corrected chi connectivity index (χ0v) is 13.2. The predicted octanol–water partition coefficient (Wildman–Crippen LogP) is 5.69. The smallest absolute Gasteiger partial charge is 0.0101 e. The van der Waals surface area contributed by atoms with Crippen molar-refractivity contribution < 1.29 is 0 Å². The molecule has 0 aliphatic heterocycles. The second-order valence-electron chi connectivity index (χ2n) is 8.16. The molecule has 0 saturated carbocycles. The molecule has 0 heteroatoms. The average Bonchev–Trinajstić information content (AvgIpc) is 1.91. The van der Waals surface area contributed by atoms with Crippen LogP contribution in [0.2, 0.25) is 0 Å². The van der Waals surface area contributed by atoms with Crippen LogP contribution >= 0.6 is 0 Å². The van der Waals surface area contributed by atoms with Crippen LogP contribution in [0.1, 0.15) is 69.2 Å². The molecule has 0 bridgehead atoms. The van der Waals surface area contributed by atoms with Crippen molar-refractivity contribution in [1.82, 2.24) is 0 Å². The Hall–Kier alpha value is -0.260. The van der Waals surface area contributed by atoms with E-state index in [1.165, 1.54) is 0 Å². The summed E-state index contributed by atoms with van der Waals surface area (Å²) in [4.78, 5) is 0. The third-order valence-electron chi connectivity index (χ3n) is 3.22. The summed E-state index contributed by atoms with van der Waals surface area (Å²) in [7, 11) is 0. The molecule has 0 N–H and O–H groups in total. The molecule has 0 amide bonds. The van der Waals surface area contributed by atoms with E-state index in [0.717, 1.165) is 0 Å². The molecule has 0 rings (SSSR count). The zero-order valence-electron chi connectivity index (χ0n) is 13.2. The lowest BCUT2D eigenvalue weighted by Crippen LogP contribution is -2.37. The van der Waals surface area contributed by atoms with Crippen LogP contribution in [0.5, 0.6) is 0 Å². The number of allylic oxidation sites excluding steroid dienone is 2. The fraction of sp³-hybridized carbons (Fsp3) is 0.875. The molecule has 0 aliphatic rings. The molecule has 0 saturated heterocycles. The lowest BCUT2D eigenvalue weighted by atomic mass is 9.59. The van der Waals surface area contributed by atoms with Crippen molar-refractivity contribution in [2.75, 3.05) is 0 Å². The fourth-order valence-corrected chi connectivity index (χ4v) is 3.26. The lowest BCUT2D eigenvalue weighted by molar-refractivity contribution is 0.116. The van der Waals surface area contributed by atoms with Gasteiger partial charge in [0.25, 0.3) is 0 Å². The first-order valence-corrected chi connectivity index (χ1v) is 6.48. The van der Waals surface area contributed by atoms with Gasteiger partial charge in [-0.15, -0.1) is 0 Å². The average molecular weight is 224 g/mol. The van der Waals surface area contributed by atoms with Gasteiger partial charge in [0, 0.05) is 0 Å². The molecule has 0 aromatic carbocycles. The number of hydrogen-bond donors (Lipinski definition) is 0. The summed E-state index contributed by atoms with van der Waals surface area (Å²) < 4.78 is 0. The van der Waals surface area contributed by atoms with Crippen molar-refractivity contribution in [3.05, 3.63) is 11.6 Å². The van der Waals surface area contributed by atoms with Gasteiger partial charge in [0.15, 0.2) is 0 Å². The molecule has 0 spiro atoms. The topological polar surface area (TPSA) is 0 Å². The quantitative estimate of drug-likeness (QED) is 0.502. The van der Waals surface area contributed by atoms with Gasteiger partial charge in [-0.1, -0.05) is 74.0 Å². The van der Waals surface area contributed by atoms with E-state index in [0.29, 0.717) is 16.7 Å². The molecule has 0 aliphatic carbocycles. The second-order valence-corrected chi connectivity index (χ2v) is 8.16. The van der Waals surface area contributed by atoms with Gasteiger partial charge >= 0.3 is 0 Å². The molecule has 16 heavy (non-hydrogen) atoms. The van der Waals surface area contributed by atoms with Crippen LogP contribution in [0.15, 0.2) is 11.6 Å². The Balaban J connectivity index is 5.55. The largest absolute Gasteiger partial charge is 0.0876 e. The number of hydrogen-bond acceptors (Lipinski definition) is 0. The molecule has 0 fully saturated rings. The molecule has 0 heterocycles. The Kier molecular flexibility index (Phi) is 4.47. The molecule has 0 unspecified atom stereocenters. The van der Waals surface area contributed by atoms with Gasteiger partial charge in [-0.2, -0.15) is 0 Å². The summed E-state index contributed by atoms with van der Waals surface area (Å²) in [5.74, 6) is 0.616. The van der Waals surface area contributed by atoms with E-state index in [-0.39, 0.29) is 5.41 Å². The Morgan fingerprint density at radius 3 is 1.12 bits per heavy atom. The van der Waals surface area contributed by atoms with Crippen LogP contribution < -0.4 is 0 Å². The summed E-state index contributed by atoms with van der Waals surface area (Å²) in [5, 5.41) is 0. The maximum absolute atomic E-state index is 2.36. The van der Waals surface area contributed by atoms with E-state index >= 15 is 0 Å². The van der Waals surface area contributed by atoms with Crippen molar-refractivity contribution in [2.45, 2.75) is 69.2 Å². The van der Waals surface area contributed by atoms with Gasteiger partial charge in [0.1, 0.15) is 0 Å². The van der Waals surface area contributed by atoms with Crippen molar-refractivity contribution in [3.8, 4) is 0 Å². The summed E-state index contributed by atoms with van der Waals surface area (Å²) in [6.45, 7) is 23.3. The standard InChI is InChI=1S/C16H32/c1-11-12(14(2,3)4)13(15(5,6)7)16(8,9)10/h11,13H,1-10H3/b12-11-. The van der Waals surface area contributed by atoms with Crippen molar-refractivity contribution in [1.29, 1.82) is 0 Å². The summed E-state index contributed by atoms with van der Waals surface area (Å²) in [6.07, 6.45) is 2.33. The van der Waals surface area contributed by atoms with Crippen LogP contribution in [-0.4, -0.2) is 0 Å². The molecule has 0 radical (unpaired) electrons. The Morgan fingerprint density at radius 1 is 0.750 bits per heavy atom. The highest BCUT2D eigenvalue weighted by atomic mass is 14.4. The molecular weight excluding hydrogens is 192 g/mol. The van der Waals surface area contributed by atoms with Gasteiger partial charge in [-0.25, -0.2) is 0 Å². The zero-order chi connectivity index (χ0) is 13.4. The predicted molar refractivity (Wildman–Crippen MR) is 75.6 cm³/mol. The first-order valence-electron chi connectivity index (χ1n) is 6.48. The molecule has 0 aromatic heterocycles. The molecule has 0 nitrogen and oxygen atoms in total. The minimum atomic E-state index is 0.264. The molecule has 0 atom stereocenters. The summed E-state index contributed by atoms with van der Waals surface area (Å²) >= 11 is 0. The summed E-state index contributed by atoms with van der Waals surface area (Å²) in [5.41, 5.74) is 2.48. The number of rotatable bonds is 1. The van der Waals surface area contributed by atoms with Gasteiger partial charge in [-0.05, 0) is 29.1 Å². The van der Waals surface area contributed by atoms with E-state index in [4.69, 9.17) is 0 Å². The van der Waals surface area contributed by atoms with Crippen molar-refractivity contribution in [2.24, 2.45) is 22.2 Å². The van der Waals surface area contributed by atoms with Crippen molar-refractivity contribution >= 4 is 0 Å². The van der Waals surface area contributed by atoms with Crippen molar-refractivity contribution in [3.63, 3.8) is 0 Å². The highest BCUT2D eigenvalue weighted by Crippen LogP contribution is 2.49. The molecular formula is C16H32. The normalized spacial score (nSPS) is 15.8. The van der Waals surface area contributed by atoms with E-state index in [1.807, 2.05) is 0 Å². The third kappa shape index (κ3) is 3.96. The first kappa shape index (κ1) is 15.7. The fourth-order valence-electron chi connectivity index (χ4n) is 3.26. The monoisotopic (exact) mass is 224 g/mol. The first-order chi connectivity index (χ1) is 6.81. The summed E-state index contributed by atoms with van der Waals surface area (Å²) in [6, 6.07) is 0. The van der Waals surface area contributed by atoms with E-state index in [2.05, 4.69) is 75.3 Å². The van der Waals surface area contributed by atoms with E-state index in [9.17, 15) is 0 Å². The maximum atomic E-state index is 2.36. The Morgan fingerprint density at radius 2 is 1.06 bits per heavy atom. The maximum Gasteiger partial charge on any atom is -0.0101 e. The molecule has 96 valence electrons. The van der Waals surface area contributed by atoms with Gasteiger partial charge < -0.3 is 0 Å². The molecule has 0 aromatic rings.